The molecule has 0 heterocycles. The lowest BCUT2D eigenvalue weighted by atomic mass is 10.1. The van der Waals surface area contributed by atoms with Crippen molar-refractivity contribution in [3.05, 3.63) is 65.7 Å². The molecule has 18 heavy (non-hydrogen) atoms. The zero-order valence-electron chi connectivity index (χ0n) is 10.5. The van der Waals surface area contributed by atoms with E-state index in [1.54, 1.807) is 6.92 Å². The van der Waals surface area contributed by atoms with E-state index in [9.17, 15) is 0 Å². The van der Waals surface area contributed by atoms with Crippen LogP contribution in [-0.4, -0.2) is 12.3 Å². The average molecular weight is 239 g/mol. The maximum Gasteiger partial charge on any atom is 0.125 e. The van der Waals surface area contributed by atoms with Crippen molar-refractivity contribution in [2.45, 2.75) is 13.3 Å². The van der Waals surface area contributed by atoms with E-state index in [0.717, 1.165) is 12.2 Å². The van der Waals surface area contributed by atoms with E-state index in [4.69, 9.17) is 10.1 Å². The molecule has 2 nitrogen and oxygen atoms in total. The molecule has 0 saturated heterocycles. The maximum atomic E-state index is 7.31. The second-order valence-electron chi connectivity index (χ2n) is 4.38. The van der Waals surface area contributed by atoms with Crippen molar-refractivity contribution in [2.24, 2.45) is 0 Å². The summed E-state index contributed by atoms with van der Waals surface area (Å²) in [4.78, 5) is 0. The van der Waals surface area contributed by atoms with E-state index < -0.39 is 0 Å². The Morgan fingerprint density at radius 3 is 2.17 bits per heavy atom. The largest absolute Gasteiger partial charge is 0.488 e. The highest BCUT2D eigenvalue weighted by atomic mass is 16.5. The van der Waals surface area contributed by atoms with E-state index in [-0.39, 0.29) is 0 Å². The minimum absolute atomic E-state index is 0.359. The van der Waals surface area contributed by atoms with Crippen LogP contribution in [0.15, 0.2) is 54.6 Å². The molecule has 0 aliphatic carbocycles. The maximum absolute atomic E-state index is 7.31. The van der Waals surface area contributed by atoms with E-state index in [1.807, 2.05) is 18.2 Å². The third-order valence-corrected chi connectivity index (χ3v) is 2.63. The fraction of sp³-hybridized carbons (Fsp3) is 0.188. The van der Waals surface area contributed by atoms with Crippen molar-refractivity contribution in [2.75, 3.05) is 6.61 Å². The molecule has 2 heteroatoms. The van der Waals surface area contributed by atoms with Crippen LogP contribution < -0.4 is 4.74 Å². The average Bonchev–Trinajstić information content (AvgIpc) is 2.39. The number of benzene rings is 2. The highest BCUT2D eigenvalue weighted by Crippen LogP contribution is 2.15. The summed E-state index contributed by atoms with van der Waals surface area (Å²) in [5.41, 5.74) is 3.10. The third-order valence-electron chi connectivity index (χ3n) is 2.63. The second kappa shape index (κ2) is 6.01. The van der Waals surface area contributed by atoms with Gasteiger partial charge in [0.1, 0.15) is 12.4 Å². The van der Waals surface area contributed by atoms with Crippen LogP contribution >= 0.6 is 0 Å². The minimum atomic E-state index is 0.359. The molecule has 92 valence electrons. The van der Waals surface area contributed by atoms with Crippen LogP contribution in [0, 0.1) is 5.41 Å². The number of hydrogen-bond donors (Lipinski definition) is 1. The van der Waals surface area contributed by atoms with E-state index in [2.05, 4.69) is 36.4 Å². The van der Waals surface area contributed by atoms with E-state index in [0.29, 0.717) is 12.3 Å². The van der Waals surface area contributed by atoms with Gasteiger partial charge in [-0.3, -0.25) is 0 Å². The second-order valence-corrected chi connectivity index (χ2v) is 4.38. The number of rotatable bonds is 5. The Bertz CT molecular complexity index is 502. The quantitative estimate of drug-likeness (QED) is 0.793. The minimum Gasteiger partial charge on any atom is -0.488 e. The molecular weight excluding hydrogens is 222 g/mol. The van der Waals surface area contributed by atoms with Gasteiger partial charge in [-0.2, -0.15) is 0 Å². The first-order valence-electron chi connectivity index (χ1n) is 6.04. The molecule has 0 aliphatic rings. The monoisotopic (exact) mass is 239 g/mol. The van der Waals surface area contributed by atoms with Crippen LogP contribution in [0.3, 0.4) is 0 Å². The Labute approximate surface area is 108 Å². The normalized spacial score (nSPS) is 10.1. The first kappa shape index (κ1) is 12.4. The van der Waals surface area contributed by atoms with Gasteiger partial charge in [0.2, 0.25) is 0 Å². The van der Waals surface area contributed by atoms with Gasteiger partial charge in [-0.15, -0.1) is 0 Å². The lowest BCUT2D eigenvalue weighted by Crippen LogP contribution is -2.05. The zero-order chi connectivity index (χ0) is 12.8. The summed E-state index contributed by atoms with van der Waals surface area (Å²) in [5, 5.41) is 7.31. The van der Waals surface area contributed by atoms with E-state index >= 15 is 0 Å². The Morgan fingerprint density at radius 1 is 0.944 bits per heavy atom. The first-order chi connectivity index (χ1) is 8.74. The van der Waals surface area contributed by atoms with Gasteiger partial charge in [-0.05, 0) is 36.6 Å². The van der Waals surface area contributed by atoms with Crippen molar-refractivity contribution in [3.63, 3.8) is 0 Å². The van der Waals surface area contributed by atoms with Crippen molar-refractivity contribution < 1.29 is 4.74 Å². The molecule has 0 radical (unpaired) electrons. The van der Waals surface area contributed by atoms with Crippen molar-refractivity contribution in [3.8, 4) is 5.75 Å². The van der Waals surface area contributed by atoms with E-state index in [1.165, 1.54) is 11.1 Å². The summed E-state index contributed by atoms with van der Waals surface area (Å²) in [5.74, 6) is 0.818. The molecule has 0 aromatic heterocycles. The number of hydrogen-bond acceptors (Lipinski definition) is 2. The smallest absolute Gasteiger partial charge is 0.125 e. The lowest BCUT2D eigenvalue weighted by Gasteiger charge is -2.06. The summed E-state index contributed by atoms with van der Waals surface area (Å²) < 4.78 is 5.45. The Kier molecular flexibility index (Phi) is 4.13. The van der Waals surface area contributed by atoms with Crippen LogP contribution in [0.2, 0.25) is 0 Å². The molecule has 0 aliphatic heterocycles. The molecule has 0 fully saturated rings. The summed E-state index contributed by atoms with van der Waals surface area (Å²) >= 11 is 0. The first-order valence-corrected chi connectivity index (χ1v) is 6.04. The summed E-state index contributed by atoms with van der Waals surface area (Å²) in [6.45, 7) is 2.10. The molecule has 0 unspecified atom stereocenters. The molecule has 2 aromatic carbocycles. The van der Waals surface area contributed by atoms with Gasteiger partial charge in [0.15, 0.2) is 0 Å². The zero-order valence-corrected chi connectivity index (χ0v) is 10.5. The predicted octanol–water partition coefficient (Wildman–Crippen LogP) is 3.70. The van der Waals surface area contributed by atoms with Crippen LogP contribution in [0.25, 0.3) is 0 Å². The molecule has 2 aromatic rings. The van der Waals surface area contributed by atoms with Gasteiger partial charge in [0, 0.05) is 5.71 Å². The Morgan fingerprint density at radius 2 is 1.56 bits per heavy atom. The van der Waals surface area contributed by atoms with Gasteiger partial charge in [-0.1, -0.05) is 42.5 Å². The van der Waals surface area contributed by atoms with Gasteiger partial charge >= 0.3 is 0 Å². The predicted molar refractivity (Wildman–Crippen MR) is 74.6 cm³/mol. The van der Waals surface area contributed by atoms with Crippen LogP contribution in [-0.2, 0) is 6.42 Å². The molecule has 0 atom stereocenters. The summed E-state index contributed by atoms with van der Waals surface area (Å²) in [7, 11) is 0. The highest BCUT2D eigenvalue weighted by molar-refractivity contribution is 5.80. The Hall–Kier alpha value is -2.09. The summed E-state index contributed by atoms with van der Waals surface area (Å²) in [6.07, 6.45) is 0.935. The molecule has 0 saturated carbocycles. The molecule has 0 spiro atoms. The standard InChI is InChI=1S/C16H17NO/c1-13(17)12-18-16-9-7-15(8-10-16)11-14-5-3-2-4-6-14/h2-10,17H,11-12H2,1H3. The molecule has 0 bridgehead atoms. The van der Waals surface area contributed by atoms with Crippen molar-refractivity contribution in [1.82, 2.24) is 0 Å². The highest BCUT2D eigenvalue weighted by Gasteiger charge is 1.98. The topological polar surface area (TPSA) is 33.1 Å². The number of nitrogens with one attached hydrogen (secondary N) is 1. The summed E-state index contributed by atoms with van der Waals surface area (Å²) in [6, 6.07) is 18.5. The van der Waals surface area contributed by atoms with Gasteiger partial charge in [0.25, 0.3) is 0 Å². The molecular formula is C16H17NO. The lowest BCUT2D eigenvalue weighted by molar-refractivity contribution is 0.375. The fourth-order valence-corrected chi connectivity index (χ4v) is 1.73. The molecule has 0 amide bonds. The SMILES string of the molecule is CC(=N)COc1ccc(Cc2ccccc2)cc1. The molecule has 1 N–H and O–H groups in total. The third kappa shape index (κ3) is 3.74. The van der Waals surface area contributed by atoms with Gasteiger partial charge in [0.05, 0.1) is 0 Å². The van der Waals surface area contributed by atoms with Crippen LogP contribution in [0.4, 0.5) is 0 Å². The van der Waals surface area contributed by atoms with Crippen molar-refractivity contribution in [1.29, 1.82) is 5.41 Å². The number of ether oxygens (including phenoxy) is 1. The Balaban J connectivity index is 1.97. The van der Waals surface area contributed by atoms with Gasteiger partial charge in [-0.25, -0.2) is 0 Å². The fourth-order valence-electron chi connectivity index (χ4n) is 1.73. The molecule has 2 rings (SSSR count). The van der Waals surface area contributed by atoms with Crippen LogP contribution in [0.1, 0.15) is 18.1 Å². The van der Waals surface area contributed by atoms with Gasteiger partial charge < -0.3 is 10.1 Å². The van der Waals surface area contributed by atoms with Crippen LogP contribution in [0.5, 0.6) is 5.75 Å². The van der Waals surface area contributed by atoms with Crippen molar-refractivity contribution >= 4 is 5.71 Å².